The van der Waals surface area contributed by atoms with Gasteiger partial charge in [0.25, 0.3) is 5.91 Å². The van der Waals surface area contributed by atoms with Crippen molar-refractivity contribution >= 4 is 29.9 Å². The number of benzene rings is 1. The highest BCUT2D eigenvalue weighted by Gasteiger charge is 2.34. The fraction of sp³-hybridized carbons (Fsp3) is 0.556. The van der Waals surface area contributed by atoms with Crippen molar-refractivity contribution in [2.75, 3.05) is 18.1 Å². The topological polar surface area (TPSA) is 70.7 Å². The fourth-order valence-electron chi connectivity index (χ4n) is 4.09. The molecule has 2 unspecified atom stereocenters. The van der Waals surface area contributed by atoms with Gasteiger partial charge in [0.1, 0.15) is 5.75 Å². The van der Waals surface area contributed by atoms with Crippen molar-refractivity contribution in [3.05, 3.63) is 24.3 Å². The number of hydrogen-bond donors (Lipinski definition) is 2. The van der Waals surface area contributed by atoms with Gasteiger partial charge in [0.2, 0.25) is 5.91 Å². The lowest BCUT2D eigenvalue weighted by atomic mass is 10.00. The number of nitrogens with zero attached hydrogens (tertiary/aromatic N) is 1. The molecule has 6 nitrogen and oxygen atoms in total. The maximum Gasteiger partial charge on any atom is 0.265 e. The summed E-state index contributed by atoms with van der Waals surface area (Å²) in [6.07, 6.45) is 4.79. The Hall–Kier alpha value is -1.79. The van der Waals surface area contributed by atoms with Crippen molar-refractivity contribution in [3.8, 4) is 5.75 Å². The molecule has 2 amide bonds. The largest absolute Gasteiger partial charge is 0.482 e. The number of para-hydroxylation sites is 2. The number of rotatable bonds is 4. The quantitative estimate of drug-likeness (QED) is 0.850. The maximum absolute atomic E-state index is 12.3. The lowest BCUT2D eigenvalue weighted by Gasteiger charge is -2.31. The highest BCUT2D eigenvalue weighted by molar-refractivity contribution is 5.98. The Morgan fingerprint density at radius 3 is 2.72 bits per heavy atom. The number of carbonyl (C=O) groups is 2. The summed E-state index contributed by atoms with van der Waals surface area (Å²) in [5.41, 5.74) is 0.751. The minimum atomic E-state index is -0.0959. The average molecular weight is 366 g/mol. The van der Waals surface area contributed by atoms with E-state index in [4.69, 9.17) is 4.74 Å². The van der Waals surface area contributed by atoms with Crippen LogP contribution in [0.25, 0.3) is 0 Å². The van der Waals surface area contributed by atoms with Crippen LogP contribution in [0.15, 0.2) is 24.3 Å². The zero-order valence-corrected chi connectivity index (χ0v) is 14.9. The number of anilines is 1. The van der Waals surface area contributed by atoms with Gasteiger partial charge in [-0.25, -0.2) is 0 Å². The molecule has 2 saturated heterocycles. The van der Waals surface area contributed by atoms with Crippen molar-refractivity contribution in [1.82, 2.24) is 10.6 Å². The Labute approximate surface area is 153 Å². The molecular weight excluding hydrogens is 342 g/mol. The van der Waals surface area contributed by atoms with Crippen molar-refractivity contribution in [3.63, 3.8) is 0 Å². The molecule has 1 aromatic carbocycles. The molecule has 0 radical (unpaired) electrons. The number of carbonyl (C=O) groups excluding carboxylic acids is 2. The Kier molecular flexibility index (Phi) is 5.49. The van der Waals surface area contributed by atoms with Gasteiger partial charge in [-0.05, 0) is 37.8 Å². The Balaban J connectivity index is 0.00000182. The Bertz CT molecular complexity index is 642. The van der Waals surface area contributed by atoms with Crippen LogP contribution in [0.4, 0.5) is 5.69 Å². The lowest BCUT2D eigenvalue weighted by Crippen LogP contribution is -2.48. The van der Waals surface area contributed by atoms with Crippen molar-refractivity contribution in [2.45, 2.75) is 50.2 Å². The van der Waals surface area contributed by atoms with E-state index in [1.54, 1.807) is 4.90 Å². The number of nitrogens with one attached hydrogen (secondary N) is 2. The van der Waals surface area contributed by atoms with Gasteiger partial charge in [0, 0.05) is 31.1 Å². The van der Waals surface area contributed by atoms with Gasteiger partial charge in [-0.15, -0.1) is 12.4 Å². The first kappa shape index (κ1) is 18.0. The van der Waals surface area contributed by atoms with E-state index < -0.39 is 0 Å². The van der Waals surface area contributed by atoms with Crippen LogP contribution in [0.3, 0.4) is 0 Å². The summed E-state index contributed by atoms with van der Waals surface area (Å²) in [6, 6.07) is 8.84. The van der Waals surface area contributed by atoms with E-state index in [9.17, 15) is 9.59 Å². The molecule has 2 N–H and O–H groups in total. The van der Waals surface area contributed by atoms with E-state index in [1.807, 2.05) is 24.3 Å². The molecule has 0 aromatic heterocycles. The Morgan fingerprint density at radius 2 is 1.96 bits per heavy atom. The summed E-state index contributed by atoms with van der Waals surface area (Å²) in [6.45, 7) is 0.430. The number of piperidine rings is 1. The van der Waals surface area contributed by atoms with E-state index in [0.29, 0.717) is 30.8 Å². The highest BCUT2D eigenvalue weighted by atomic mass is 35.5. The van der Waals surface area contributed by atoms with E-state index in [0.717, 1.165) is 18.5 Å². The number of halogens is 1. The molecule has 7 heteroatoms. The van der Waals surface area contributed by atoms with Gasteiger partial charge < -0.3 is 20.3 Å². The van der Waals surface area contributed by atoms with Gasteiger partial charge >= 0.3 is 0 Å². The zero-order chi connectivity index (χ0) is 16.5. The van der Waals surface area contributed by atoms with E-state index in [1.165, 1.54) is 12.8 Å². The van der Waals surface area contributed by atoms with Gasteiger partial charge in [0.15, 0.2) is 6.61 Å². The standard InChI is InChI=1S/C18H23N3O3.ClH/c22-17(20-14-9-12-5-6-13(10-14)19-12)7-8-21-15-3-1-2-4-16(15)24-11-18(21)23;/h1-4,12-14,19H,5-11H2,(H,20,22);1H. The Morgan fingerprint density at radius 1 is 1.24 bits per heavy atom. The van der Waals surface area contributed by atoms with Crippen LogP contribution in [-0.4, -0.2) is 43.1 Å². The van der Waals surface area contributed by atoms with Crippen LogP contribution in [0, 0.1) is 0 Å². The predicted octanol–water partition coefficient (Wildman–Crippen LogP) is 1.62. The summed E-state index contributed by atoms with van der Waals surface area (Å²) in [7, 11) is 0. The van der Waals surface area contributed by atoms with E-state index in [-0.39, 0.29) is 36.9 Å². The summed E-state index contributed by atoms with van der Waals surface area (Å²) >= 11 is 0. The fourth-order valence-corrected chi connectivity index (χ4v) is 4.09. The second-order valence-electron chi connectivity index (χ2n) is 6.93. The molecule has 136 valence electrons. The number of fused-ring (bicyclic) bond motifs is 3. The molecule has 3 aliphatic heterocycles. The molecule has 0 saturated carbocycles. The number of ether oxygens (including phenoxy) is 1. The predicted molar refractivity (Wildman–Crippen MR) is 97.3 cm³/mol. The monoisotopic (exact) mass is 365 g/mol. The van der Waals surface area contributed by atoms with Crippen LogP contribution in [0.5, 0.6) is 5.75 Å². The van der Waals surface area contributed by atoms with Gasteiger partial charge in [-0.3, -0.25) is 9.59 Å². The van der Waals surface area contributed by atoms with Gasteiger partial charge in [-0.1, -0.05) is 12.1 Å². The smallest absolute Gasteiger partial charge is 0.265 e. The molecule has 25 heavy (non-hydrogen) atoms. The number of hydrogen-bond acceptors (Lipinski definition) is 4. The van der Waals surface area contributed by atoms with Crippen LogP contribution >= 0.6 is 12.4 Å². The van der Waals surface area contributed by atoms with Crippen LogP contribution in [0.2, 0.25) is 0 Å². The van der Waals surface area contributed by atoms with Gasteiger partial charge in [-0.2, -0.15) is 0 Å². The normalized spacial score (nSPS) is 27.1. The molecule has 3 heterocycles. The highest BCUT2D eigenvalue weighted by Crippen LogP contribution is 2.31. The zero-order valence-electron chi connectivity index (χ0n) is 14.1. The van der Waals surface area contributed by atoms with Gasteiger partial charge in [0.05, 0.1) is 5.69 Å². The van der Waals surface area contributed by atoms with E-state index >= 15 is 0 Å². The summed E-state index contributed by atoms with van der Waals surface area (Å²) < 4.78 is 5.43. The van der Waals surface area contributed by atoms with Crippen molar-refractivity contribution in [2.24, 2.45) is 0 Å². The van der Waals surface area contributed by atoms with E-state index in [2.05, 4.69) is 10.6 Å². The molecule has 4 rings (SSSR count). The molecular formula is C18H24ClN3O3. The summed E-state index contributed by atoms with van der Waals surface area (Å²) in [5.74, 6) is 0.631. The third-order valence-electron chi connectivity index (χ3n) is 5.21. The summed E-state index contributed by atoms with van der Waals surface area (Å²) in [5, 5.41) is 6.73. The summed E-state index contributed by atoms with van der Waals surface area (Å²) in [4.78, 5) is 26.1. The second kappa shape index (κ2) is 7.62. The maximum atomic E-state index is 12.3. The molecule has 2 fully saturated rings. The molecule has 0 aliphatic carbocycles. The third kappa shape index (κ3) is 3.90. The number of amides is 2. The van der Waals surface area contributed by atoms with Crippen LogP contribution in [-0.2, 0) is 9.59 Å². The minimum Gasteiger partial charge on any atom is -0.482 e. The SMILES string of the molecule is Cl.O=C(CCN1C(=O)COc2ccccc21)NC1CC2CCC(C1)N2. The van der Waals surface area contributed by atoms with Crippen molar-refractivity contribution in [1.29, 1.82) is 0 Å². The molecule has 3 aliphatic rings. The lowest BCUT2D eigenvalue weighted by molar-refractivity contribution is -0.122. The van der Waals surface area contributed by atoms with Crippen LogP contribution in [0.1, 0.15) is 32.1 Å². The molecule has 1 aromatic rings. The van der Waals surface area contributed by atoms with Crippen LogP contribution < -0.4 is 20.3 Å². The van der Waals surface area contributed by atoms with Crippen molar-refractivity contribution < 1.29 is 14.3 Å². The molecule has 2 bridgehead atoms. The molecule has 0 spiro atoms. The second-order valence-corrected chi connectivity index (χ2v) is 6.93. The molecule has 2 atom stereocenters. The first-order chi connectivity index (χ1) is 11.7. The average Bonchev–Trinajstić information content (AvgIpc) is 2.92. The minimum absolute atomic E-state index is 0. The third-order valence-corrected chi connectivity index (χ3v) is 5.21. The first-order valence-electron chi connectivity index (χ1n) is 8.76. The first-order valence-corrected chi connectivity index (χ1v) is 8.76.